The van der Waals surface area contributed by atoms with E-state index in [9.17, 15) is 4.39 Å². The molecule has 0 heterocycles. The Kier molecular flexibility index (Phi) is 4.70. The van der Waals surface area contributed by atoms with Gasteiger partial charge in [0.05, 0.1) is 0 Å². The van der Waals surface area contributed by atoms with E-state index in [1.54, 1.807) is 12.1 Å². The average Bonchev–Trinajstić information content (AvgIpc) is 2.11. The minimum absolute atomic E-state index is 0.190. The van der Waals surface area contributed by atoms with Crippen molar-refractivity contribution in [3.8, 4) is 0 Å². The van der Waals surface area contributed by atoms with Crippen molar-refractivity contribution in [1.29, 1.82) is 0 Å². The van der Waals surface area contributed by atoms with E-state index in [4.69, 9.17) is 11.6 Å². The lowest BCUT2D eigenvalue weighted by molar-refractivity contribution is 0.593. The maximum Gasteiger partial charge on any atom is 0.127 e. The van der Waals surface area contributed by atoms with Crippen LogP contribution in [-0.2, 0) is 6.54 Å². The van der Waals surface area contributed by atoms with Gasteiger partial charge >= 0.3 is 0 Å². The van der Waals surface area contributed by atoms with Crippen molar-refractivity contribution in [1.82, 2.24) is 5.32 Å². The first kappa shape index (κ1) is 11.0. The Morgan fingerprint density at radius 1 is 1.46 bits per heavy atom. The van der Waals surface area contributed by atoms with Crippen LogP contribution >= 0.6 is 27.5 Å². The Labute approximate surface area is 90.4 Å². The van der Waals surface area contributed by atoms with E-state index in [2.05, 4.69) is 21.2 Å². The average molecular weight is 267 g/mol. The van der Waals surface area contributed by atoms with Gasteiger partial charge in [0.1, 0.15) is 5.82 Å². The summed E-state index contributed by atoms with van der Waals surface area (Å²) in [7, 11) is 0. The fraction of sp³-hybridized carbons (Fsp3) is 0.333. The number of halogens is 3. The second-order valence-corrected chi connectivity index (χ2v) is 3.90. The summed E-state index contributed by atoms with van der Waals surface area (Å²) in [5.74, 6) is 0.348. The molecule has 0 amide bonds. The molecule has 0 aliphatic heterocycles. The molecule has 1 aromatic rings. The third kappa shape index (κ3) is 3.63. The highest BCUT2D eigenvalue weighted by atomic mass is 79.9. The number of benzene rings is 1. The Bertz CT molecular complexity index is 280. The summed E-state index contributed by atoms with van der Waals surface area (Å²) in [6.45, 7) is 1.20. The van der Waals surface area contributed by atoms with Crippen molar-refractivity contribution >= 4 is 27.5 Å². The zero-order valence-electron chi connectivity index (χ0n) is 6.99. The Morgan fingerprint density at radius 3 is 2.92 bits per heavy atom. The van der Waals surface area contributed by atoms with E-state index in [0.717, 1.165) is 4.47 Å². The molecule has 0 fully saturated rings. The van der Waals surface area contributed by atoms with Crippen LogP contribution in [0.2, 0.25) is 0 Å². The van der Waals surface area contributed by atoms with Crippen molar-refractivity contribution in [3.63, 3.8) is 0 Å². The number of hydrogen-bond donors (Lipinski definition) is 1. The summed E-state index contributed by atoms with van der Waals surface area (Å²) in [4.78, 5) is 0. The predicted octanol–water partition coefficient (Wildman–Crippen LogP) is 2.92. The van der Waals surface area contributed by atoms with Gasteiger partial charge < -0.3 is 5.32 Å². The van der Waals surface area contributed by atoms with Gasteiger partial charge in [0.2, 0.25) is 0 Å². The number of hydrogen-bond acceptors (Lipinski definition) is 1. The van der Waals surface area contributed by atoms with Crippen LogP contribution in [0.3, 0.4) is 0 Å². The van der Waals surface area contributed by atoms with Gasteiger partial charge in [-0.05, 0) is 18.2 Å². The molecule has 0 radical (unpaired) electrons. The van der Waals surface area contributed by atoms with Crippen LogP contribution in [0.25, 0.3) is 0 Å². The van der Waals surface area contributed by atoms with Gasteiger partial charge in [-0.1, -0.05) is 15.9 Å². The van der Waals surface area contributed by atoms with Crippen molar-refractivity contribution in [2.24, 2.45) is 0 Å². The Balaban J connectivity index is 2.59. The van der Waals surface area contributed by atoms with Gasteiger partial charge in [-0.3, -0.25) is 0 Å². The number of rotatable bonds is 4. The largest absolute Gasteiger partial charge is 0.311 e. The topological polar surface area (TPSA) is 12.0 Å². The summed E-state index contributed by atoms with van der Waals surface area (Å²) < 4.78 is 14.0. The first-order valence-corrected chi connectivity index (χ1v) is 5.27. The lowest BCUT2D eigenvalue weighted by Crippen LogP contribution is -2.16. The molecular weight excluding hydrogens is 256 g/mol. The van der Waals surface area contributed by atoms with Crippen molar-refractivity contribution in [2.45, 2.75) is 6.54 Å². The summed E-state index contributed by atoms with van der Waals surface area (Å²) >= 11 is 8.76. The Morgan fingerprint density at radius 2 is 2.23 bits per heavy atom. The second-order valence-electron chi connectivity index (χ2n) is 2.60. The van der Waals surface area contributed by atoms with Crippen molar-refractivity contribution in [3.05, 3.63) is 34.1 Å². The molecule has 0 saturated carbocycles. The van der Waals surface area contributed by atoms with Crippen LogP contribution in [0.15, 0.2) is 22.7 Å². The van der Waals surface area contributed by atoms with Crippen molar-refractivity contribution < 1.29 is 4.39 Å². The van der Waals surface area contributed by atoms with E-state index >= 15 is 0 Å². The first-order chi connectivity index (χ1) is 6.24. The van der Waals surface area contributed by atoms with E-state index in [1.807, 2.05) is 0 Å². The smallest absolute Gasteiger partial charge is 0.127 e. The maximum absolute atomic E-state index is 13.1. The minimum Gasteiger partial charge on any atom is -0.311 e. The molecular formula is C9H10BrClFN. The lowest BCUT2D eigenvalue weighted by atomic mass is 10.2. The molecule has 0 bridgehead atoms. The standard InChI is InChI=1S/C9H10BrClFN/c10-8-1-2-9(12)7(5-8)6-13-4-3-11/h1-2,5,13H,3-4,6H2. The SMILES string of the molecule is Fc1ccc(Br)cc1CNCCCl. The monoisotopic (exact) mass is 265 g/mol. The minimum atomic E-state index is -0.190. The summed E-state index contributed by atoms with van der Waals surface area (Å²) in [5.41, 5.74) is 0.652. The lowest BCUT2D eigenvalue weighted by Gasteiger charge is -2.04. The molecule has 0 saturated heterocycles. The summed E-state index contributed by atoms with van der Waals surface area (Å²) in [6, 6.07) is 4.89. The first-order valence-electron chi connectivity index (χ1n) is 3.94. The molecule has 0 spiro atoms. The van der Waals surface area contributed by atoms with Gasteiger partial charge in [-0.25, -0.2) is 4.39 Å². The molecule has 0 aliphatic rings. The van der Waals surface area contributed by atoms with E-state index in [0.29, 0.717) is 24.5 Å². The molecule has 0 atom stereocenters. The van der Waals surface area contributed by atoms with Gasteiger partial charge in [0.25, 0.3) is 0 Å². The predicted molar refractivity (Wildman–Crippen MR) is 56.5 cm³/mol. The van der Waals surface area contributed by atoms with Gasteiger partial charge in [-0.2, -0.15) is 0 Å². The maximum atomic E-state index is 13.1. The fourth-order valence-electron chi connectivity index (χ4n) is 0.969. The number of nitrogens with one attached hydrogen (secondary N) is 1. The zero-order chi connectivity index (χ0) is 9.68. The quantitative estimate of drug-likeness (QED) is 0.653. The Hall–Kier alpha value is -0.120. The van der Waals surface area contributed by atoms with Crippen LogP contribution in [0, 0.1) is 5.82 Å². The summed E-state index contributed by atoms with van der Waals surface area (Å²) in [6.07, 6.45) is 0. The van der Waals surface area contributed by atoms with Crippen LogP contribution in [0.4, 0.5) is 4.39 Å². The van der Waals surface area contributed by atoms with Crippen LogP contribution in [0.5, 0.6) is 0 Å². The highest BCUT2D eigenvalue weighted by Crippen LogP contribution is 2.15. The molecule has 0 aromatic heterocycles. The van der Waals surface area contributed by atoms with Gasteiger partial charge in [0, 0.05) is 29.0 Å². The molecule has 4 heteroatoms. The molecule has 1 nitrogen and oxygen atoms in total. The second kappa shape index (κ2) is 5.58. The summed E-state index contributed by atoms with van der Waals surface area (Å²) in [5, 5.41) is 3.03. The van der Waals surface area contributed by atoms with E-state index < -0.39 is 0 Å². The molecule has 1 rings (SSSR count). The third-order valence-electron chi connectivity index (χ3n) is 1.59. The van der Waals surface area contributed by atoms with Crippen LogP contribution in [-0.4, -0.2) is 12.4 Å². The molecule has 1 aromatic carbocycles. The van der Waals surface area contributed by atoms with E-state index in [1.165, 1.54) is 6.07 Å². The fourth-order valence-corrected chi connectivity index (χ4v) is 1.51. The molecule has 0 aliphatic carbocycles. The van der Waals surface area contributed by atoms with E-state index in [-0.39, 0.29) is 5.82 Å². The molecule has 72 valence electrons. The van der Waals surface area contributed by atoms with Gasteiger partial charge in [0.15, 0.2) is 0 Å². The highest BCUT2D eigenvalue weighted by Gasteiger charge is 2.01. The highest BCUT2D eigenvalue weighted by molar-refractivity contribution is 9.10. The van der Waals surface area contributed by atoms with Gasteiger partial charge in [-0.15, -0.1) is 11.6 Å². The molecule has 0 unspecified atom stereocenters. The zero-order valence-corrected chi connectivity index (χ0v) is 9.33. The molecule has 13 heavy (non-hydrogen) atoms. The third-order valence-corrected chi connectivity index (χ3v) is 2.28. The molecule has 1 N–H and O–H groups in total. The van der Waals surface area contributed by atoms with Crippen LogP contribution in [0.1, 0.15) is 5.56 Å². The van der Waals surface area contributed by atoms with Crippen molar-refractivity contribution in [2.75, 3.05) is 12.4 Å². The van der Waals surface area contributed by atoms with Crippen LogP contribution < -0.4 is 5.32 Å². The normalized spacial score (nSPS) is 10.4. The number of alkyl halides is 1.